The van der Waals surface area contributed by atoms with Gasteiger partial charge in [-0.1, -0.05) is 18.2 Å². The molecule has 0 radical (unpaired) electrons. The Hall–Kier alpha value is -3.02. The van der Waals surface area contributed by atoms with Gasteiger partial charge in [-0.2, -0.15) is 0 Å². The molecule has 0 spiro atoms. The van der Waals surface area contributed by atoms with Crippen molar-refractivity contribution in [3.63, 3.8) is 0 Å². The van der Waals surface area contributed by atoms with E-state index < -0.39 is 15.8 Å². The fourth-order valence-corrected chi connectivity index (χ4v) is 5.05. The number of sulfonamides is 1. The zero-order chi connectivity index (χ0) is 24.1. The van der Waals surface area contributed by atoms with E-state index in [9.17, 15) is 22.4 Å². The average molecular weight is 491 g/mol. The van der Waals surface area contributed by atoms with E-state index in [4.69, 9.17) is 4.74 Å². The second-order valence-corrected chi connectivity index (χ2v) is 9.86. The van der Waals surface area contributed by atoms with E-state index in [0.717, 1.165) is 6.07 Å². The summed E-state index contributed by atoms with van der Waals surface area (Å²) in [5.41, 5.74) is 0.0660. The molecule has 0 aromatic heterocycles. The number of anilines is 1. The number of halogens is 1. The number of hydrogen-bond acceptors (Lipinski definition) is 6. The molecular weight excluding hydrogens is 463 g/mol. The van der Waals surface area contributed by atoms with Gasteiger partial charge in [0.05, 0.1) is 30.3 Å². The van der Waals surface area contributed by atoms with E-state index in [1.165, 1.54) is 36.4 Å². The molecule has 0 saturated carbocycles. The van der Waals surface area contributed by atoms with Crippen molar-refractivity contribution >= 4 is 27.5 Å². The first-order valence-corrected chi connectivity index (χ1v) is 12.6. The maximum Gasteiger partial charge on any atom is 0.262 e. The van der Waals surface area contributed by atoms with Crippen molar-refractivity contribution < 1.29 is 27.1 Å². The minimum absolute atomic E-state index is 0.0586. The third-order valence-electron chi connectivity index (χ3n) is 5.89. The third kappa shape index (κ3) is 5.72. The predicted octanol–water partition coefficient (Wildman–Crippen LogP) is 1.24. The number of nitrogens with zero attached hydrogens (tertiary/aromatic N) is 3. The first kappa shape index (κ1) is 24.1. The molecule has 0 unspecified atom stereocenters. The van der Waals surface area contributed by atoms with Gasteiger partial charge < -0.3 is 14.5 Å². The highest BCUT2D eigenvalue weighted by Gasteiger charge is 2.26. The van der Waals surface area contributed by atoms with Crippen LogP contribution in [0, 0.1) is 5.82 Å². The topological polar surface area (TPSA) is 99.3 Å². The summed E-state index contributed by atoms with van der Waals surface area (Å²) in [5, 5.41) is 0. The van der Waals surface area contributed by atoms with Gasteiger partial charge in [0.2, 0.25) is 5.91 Å². The summed E-state index contributed by atoms with van der Waals surface area (Å²) >= 11 is 0. The molecule has 2 amide bonds. The monoisotopic (exact) mass is 490 g/mol. The van der Waals surface area contributed by atoms with Gasteiger partial charge in [-0.05, 0) is 30.3 Å². The molecule has 2 aliphatic rings. The van der Waals surface area contributed by atoms with Gasteiger partial charge >= 0.3 is 0 Å². The highest BCUT2D eigenvalue weighted by atomic mass is 32.2. The van der Waals surface area contributed by atoms with Gasteiger partial charge in [-0.15, -0.1) is 0 Å². The average Bonchev–Trinajstić information content (AvgIpc) is 2.86. The summed E-state index contributed by atoms with van der Waals surface area (Å²) in [6.45, 7) is 4.57. The Labute approximate surface area is 198 Å². The summed E-state index contributed by atoms with van der Waals surface area (Å²) in [6, 6.07) is 11.2. The van der Waals surface area contributed by atoms with Crippen LogP contribution in [-0.2, 0) is 19.6 Å². The lowest BCUT2D eigenvalue weighted by atomic mass is 10.2. The molecule has 0 aliphatic carbocycles. The van der Waals surface area contributed by atoms with Gasteiger partial charge in [0.25, 0.3) is 15.9 Å². The molecule has 9 nitrogen and oxygen atoms in total. The van der Waals surface area contributed by atoms with E-state index in [-0.39, 0.29) is 28.0 Å². The van der Waals surface area contributed by atoms with Crippen LogP contribution in [0.4, 0.5) is 10.1 Å². The van der Waals surface area contributed by atoms with Crippen LogP contribution in [0.25, 0.3) is 0 Å². The number of ether oxygens (including phenoxy) is 1. The highest BCUT2D eigenvalue weighted by molar-refractivity contribution is 7.92. The van der Waals surface area contributed by atoms with E-state index >= 15 is 0 Å². The zero-order valence-electron chi connectivity index (χ0n) is 18.7. The van der Waals surface area contributed by atoms with Crippen LogP contribution in [0.2, 0.25) is 0 Å². The third-order valence-corrected chi connectivity index (χ3v) is 7.25. The number of carbonyl (C=O) groups excluding carboxylic acids is 2. The summed E-state index contributed by atoms with van der Waals surface area (Å²) in [7, 11) is -4.08. The van der Waals surface area contributed by atoms with Crippen molar-refractivity contribution in [2.75, 3.05) is 63.7 Å². The molecule has 2 aromatic carbocycles. The molecule has 2 heterocycles. The Kier molecular flexibility index (Phi) is 7.44. The fourth-order valence-electron chi connectivity index (χ4n) is 3.94. The summed E-state index contributed by atoms with van der Waals surface area (Å²) in [6.07, 6.45) is 0. The second kappa shape index (κ2) is 10.5. The van der Waals surface area contributed by atoms with Crippen molar-refractivity contribution in [2.45, 2.75) is 4.90 Å². The number of morpholine rings is 1. The molecule has 2 aromatic rings. The number of carbonyl (C=O) groups is 2. The number of hydrogen-bond donors (Lipinski definition) is 1. The summed E-state index contributed by atoms with van der Waals surface area (Å²) < 4.78 is 46.8. The largest absolute Gasteiger partial charge is 0.378 e. The van der Waals surface area contributed by atoms with Crippen LogP contribution in [-0.4, -0.2) is 94.0 Å². The molecule has 2 aliphatic heterocycles. The molecule has 2 saturated heterocycles. The van der Waals surface area contributed by atoms with Gasteiger partial charge in [0.15, 0.2) is 0 Å². The van der Waals surface area contributed by atoms with Gasteiger partial charge in [0, 0.05) is 44.8 Å². The number of rotatable bonds is 6. The molecule has 0 atom stereocenters. The number of nitrogens with one attached hydrogen (secondary N) is 1. The Morgan fingerprint density at radius 3 is 2.32 bits per heavy atom. The van der Waals surface area contributed by atoms with E-state index in [2.05, 4.69) is 4.72 Å². The zero-order valence-corrected chi connectivity index (χ0v) is 19.5. The van der Waals surface area contributed by atoms with Crippen molar-refractivity contribution in [1.29, 1.82) is 0 Å². The van der Waals surface area contributed by atoms with Crippen molar-refractivity contribution in [3.8, 4) is 0 Å². The van der Waals surface area contributed by atoms with Crippen molar-refractivity contribution in [2.24, 2.45) is 0 Å². The fraction of sp³-hybridized carbons (Fsp3) is 0.391. The second-order valence-electron chi connectivity index (χ2n) is 8.17. The van der Waals surface area contributed by atoms with Gasteiger partial charge in [-0.25, -0.2) is 12.8 Å². The SMILES string of the molecule is O=C(CN1CCN(C(=O)c2cccc(S(=O)(=O)Nc3ccccc3F)c2)CC1)N1CCOCC1. The lowest BCUT2D eigenvalue weighted by Gasteiger charge is -2.36. The Balaban J connectivity index is 1.36. The highest BCUT2D eigenvalue weighted by Crippen LogP contribution is 2.20. The van der Waals surface area contributed by atoms with Gasteiger partial charge in [0.1, 0.15) is 5.82 Å². The van der Waals surface area contributed by atoms with Crippen LogP contribution < -0.4 is 4.72 Å². The molecule has 2 fully saturated rings. The molecule has 182 valence electrons. The number of benzene rings is 2. The number of para-hydroxylation sites is 1. The normalized spacial score (nSPS) is 17.4. The quantitative estimate of drug-likeness (QED) is 0.654. The van der Waals surface area contributed by atoms with E-state index in [1.54, 1.807) is 15.9 Å². The molecule has 0 bridgehead atoms. The smallest absolute Gasteiger partial charge is 0.262 e. The van der Waals surface area contributed by atoms with Crippen LogP contribution in [0.5, 0.6) is 0 Å². The Morgan fingerprint density at radius 2 is 1.62 bits per heavy atom. The van der Waals surface area contributed by atoms with Crippen molar-refractivity contribution in [3.05, 3.63) is 59.9 Å². The maximum absolute atomic E-state index is 13.9. The van der Waals surface area contributed by atoms with Crippen LogP contribution in [0.3, 0.4) is 0 Å². The molecule has 11 heteroatoms. The lowest BCUT2D eigenvalue weighted by Crippen LogP contribution is -2.52. The van der Waals surface area contributed by atoms with Gasteiger partial charge in [-0.3, -0.25) is 19.2 Å². The minimum Gasteiger partial charge on any atom is -0.378 e. The number of piperazine rings is 1. The van der Waals surface area contributed by atoms with E-state index in [1.807, 2.05) is 4.90 Å². The predicted molar refractivity (Wildman–Crippen MR) is 123 cm³/mol. The Morgan fingerprint density at radius 1 is 0.912 bits per heavy atom. The number of amides is 2. The molecule has 4 rings (SSSR count). The molecule has 1 N–H and O–H groups in total. The maximum atomic E-state index is 13.9. The summed E-state index contributed by atoms with van der Waals surface area (Å²) in [5.74, 6) is -0.922. The molecule has 34 heavy (non-hydrogen) atoms. The Bertz CT molecular complexity index is 1150. The first-order valence-electron chi connectivity index (χ1n) is 11.1. The van der Waals surface area contributed by atoms with Crippen LogP contribution in [0.1, 0.15) is 10.4 Å². The van der Waals surface area contributed by atoms with Crippen LogP contribution >= 0.6 is 0 Å². The van der Waals surface area contributed by atoms with E-state index in [0.29, 0.717) is 59.0 Å². The minimum atomic E-state index is -4.08. The standard InChI is InChI=1S/C23H27FN4O5S/c24-20-6-1-2-7-21(20)25-34(31,32)19-5-3-4-18(16-19)23(30)28-10-8-26(9-11-28)17-22(29)27-12-14-33-15-13-27/h1-7,16,25H,8-15,17H2. The summed E-state index contributed by atoms with van der Waals surface area (Å²) in [4.78, 5) is 30.8. The van der Waals surface area contributed by atoms with Crippen LogP contribution in [0.15, 0.2) is 53.4 Å². The van der Waals surface area contributed by atoms with Crippen molar-refractivity contribution in [1.82, 2.24) is 14.7 Å². The molecular formula is C23H27FN4O5S. The lowest BCUT2D eigenvalue weighted by molar-refractivity contribution is -0.136. The first-order chi connectivity index (χ1) is 16.3.